The van der Waals surface area contributed by atoms with Gasteiger partial charge < -0.3 is 4.74 Å². The van der Waals surface area contributed by atoms with Crippen molar-refractivity contribution in [3.05, 3.63) is 11.3 Å². The number of carbonyl (C=O) groups excluding carboxylic acids is 2. The number of ether oxygens (including phenoxy) is 1. The molecule has 1 saturated carbocycles. The number of Topliss-reactive ketones (excluding diaryl/α,β-unsaturated/α-hetero) is 1. The quantitative estimate of drug-likeness (QED) is 0.339. The first kappa shape index (κ1) is 8.97. The van der Waals surface area contributed by atoms with Crippen LogP contribution in [0.4, 0.5) is 0 Å². The van der Waals surface area contributed by atoms with Crippen LogP contribution in [-0.4, -0.2) is 11.8 Å². The fourth-order valence-electron chi connectivity index (χ4n) is 1.37. The zero-order chi connectivity index (χ0) is 9.14. The van der Waals surface area contributed by atoms with Crippen LogP contribution in [0, 0.1) is 0 Å². The smallest absolute Gasteiger partial charge is 0.307 e. The maximum Gasteiger partial charge on any atom is 0.307 e. The molecule has 1 fully saturated rings. The largest absolute Gasteiger partial charge is 0.431 e. The number of allylic oxidation sites excluding steroid dienone is 2. The number of rotatable bonds is 1. The van der Waals surface area contributed by atoms with E-state index in [1.165, 1.54) is 6.92 Å². The van der Waals surface area contributed by atoms with E-state index >= 15 is 0 Å². The molecule has 0 heterocycles. The van der Waals surface area contributed by atoms with E-state index in [2.05, 4.69) is 0 Å². The van der Waals surface area contributed by atoms with E-state index in [-0.39, 0.29) is 11.8 Å². The van der Waals surface area contributed by atoms with Gasteiger partial charge in [0.25, 0.3) is 0 Å². The lowest BCUT2D eigenvalue weighted by Crippen LogP contribution is -2.02. The van der Waals surface area contributed by atoms with Crippen LogP contribution < -0.4 is 0 Å². The molecular weight excluding hydrogens is 156 g/mol. The van der Waals surface area contributed by atoms with Crippen LogP contribution >= 0.6 is 0 Å². The molecule has 0 aliphatic heterocycles. The van der Waals surface area contributed by atoms with Gasteiger partial charge in [-0.05, 0) is 19.8 Å². The Bertz CT molecular complexity index is 250. The molecule has 0 saturated heterocycles. The van der Waals surface area contributed by atoms with Crippen molar-refractivity contribution in [2.75, 3.05) is 0 Å². The lowest BCUT2D eigenvalue weighted by molar-refractivity contribution is -0.136. The SMILES string of the molecule is CC(=O)O/C(C)=C1/CCCC1=O. The van der Waals surface area contributed by atoms with Gasteiger partial charge in [-0.1, -0.05) is 0 Å². The Morgan fingerprint density at radius 2 is 2.00 bits per heavy atom. The third kappa shape index (κ3) is 1.94. The molecule has 0 N–H and O–H groups in total. The molecule has 3 nitrogen and oxygen atoms in total. The molecule has 0 radical (unpaired) electrons. The molecule has 0 aromatic heterocycles. The molecule has 0 amide bonds. The van der Waals surface area contributed by atoms with Crippen LogP contribution in [0.3, 0.4) is 0 Å². The van der Waals surface area contributed by atoms with Crippen molar-refractivity contribution in [3.63, 3.8) is 0 Å². The summed E-state index contributed by atoms with van der Waals surface area (Å²) in [5.41, 5.74) is 0.685. The molecule has 0 spiro atoms. The van der Waals surface area contributed by atoms with Gasteiger partial charge in [-0.15, -0.1) is 0 Å². The predicted molar refractivity (Wildman–Crippen MR) is 43.3 cm³/mol. The fraction of sp³-hybridized carbons (Fsp3) is 0.556. The molecule has 0 atom stereocenters. The second-order valence-electron chi connectivity index (χ2n) is 2.91. The summed E-state index contributed by atoms with van der Waals surface area (Å²) in [6.45, 7) is 3.00. The van der Waals surface area contributed by atoms with Gasteiger partial charge in [-0.25, -0.2) is 0 Å². The van der Waals surface area contributed by atoms with Gasteiger partial charge in [0, 0.05) is 18.9 Å². The molecule has 0 aromatic carbocycles. The minimum absolute atomic E-state index is 0.119. The Morgan fingerprint density at radius 3 is 2.42 bits per heavy atom. The monoisotopic (exact) mass is 168 g/mol. The van der Waals surface area contributed by atoms with Gasteiger partial charge >= 0.3 is 5.97 Å². The summed E-state index contributed by atoms with van der Waals surface area (Å²) in [6, 6.07) is 0. The molecule has 12 heavy (non-hydrogen) atoms. The Balaban J connectivity index is 2.74. The number of hydrogen-bond donors (Lipinski definition) is 0. The van der Waals surface area contributed by atoms with Gasteiger partial charge in [-0.3, -0.25) is 9.59 Å². The first-order valence-electron chi connectivity index (χ1n) is 4.02. The summed E-state index contributed by atoms with van der Waals surface area (Å²) in [4.78, 5) is 21.7. The van der Waals surface area contributed by atoms with Crippen molar-refractivity contribution in [3.8, 4) is 0 Å². The number of ketones is 1. The average Bonchev–Trinajstić information content (AvgIpc) is 2.33. The van der Waals surface area contributed by atoms with Crippen LogP contribution in [0.15, 0.2) is 11.3 Å². The van der Waals surface area contributed by atoms with Crippen LogP contribution in [0.5, 0.6) is 0 Å². The molecule has 1 aliphatic rings. The maximum absolute atomic E-state index is 11.1. The van der Waals surface area contributed by atoms with E-state index in [0.717, 1.165) is 12.8 Å². The maximum atomic E-state index is 11.1. The number of esters is 1. The first-order chi connectivity index (χ1) is 5.61. The lowest BCUT2D eigenvalue weighted by atomic mass is 10.2. The molecule has 0 aromatic rings. The van der Waals surface area contributed by atoms with E-state index in [1.807, 2.05) is 0 Å². The molecule has 0 unspecified atom stereocenters. The standard InChI is InChI=1S/C9H12O3/c1-6(12-7(2)10)8-4-3-5-9(8)11/h3-5H2,1-2H3/b8-6-. The summed E-state index contributed by atoms with van der Waals surface area (Å²) < 4.78 is 4.82. The highest BCUT2D eigenvalue weighted by Crippen LogP contribution is 2.23. The van der Waals surface area contributed by atoms with Crippen LogP contribution in [-0.2, 0) is 14.3 Å². The zero-order valence-corrected chi connectivity index (χ0v) is 7.35. The lowest BCUT2D eigenvalue weighted by Gasteiger charge is -2.03. The molecule has 3 heteroatoms. The first-order valence-corrected chi connectivity index (χ1v) is 4.02. The van der Waals surface area contributed by atoms with Crippen molar-refractivity contribution in [1.82, 2.24) is 0 Å². The summed E-state index contributed by atoms with van der Waals surface area (Å²) in [6.07, 6.45) is 2.22. The second-order valence-corrected chi connectivity index (χ2v) is 2.91. The Labute approximate surface area is 71.4 Å². The third-order valence-electron chi connectivity index (χ3n) is 1.89. The van der Waals surface area contributed by atoms with Crippen molar-refractivity contribution >= 4 is 11.8 Å². The van der Waals surface area contributed by atoms with Crippen LogP contribution in [0.25, 0.3) is 0 Å². The van der Waals surface area contributed by atoms with Gasteiger partial charge in [0.1, 0.15) is 5.76 Å². The Morgan fingerprint density at radius 1 is 1.33 bits per heavy atom. The molecule has 0 bridgehead atoms. The highest BCUT2D eigenvalue weighted by Gasteiger charge is 2.20. The van der Waals surface area contributed by atoms with Crippen LogP contribution in [0.1, 0.15) is 33.1 Å². The van der Waals surface area contributed by atoms with E-state index in [0.29, 0.717) is 17.8 Å². The summed E-state index contributed by atoms with van der Waals surface area (Å²) >= 11 is 0. The van der Waals surface area contributed by atoms with Gasteiger partial charge in [0.05, 0.1) is 0 Å². The third-order valence-corrected chi connectivity index (χ3v) is 1.89. The minimum atomic E-state index is -0.361. The van der Waals surface area contributed by atoms with E-state index in [4.69, 9.17) is 4.74 Å². The molecule has 1 aliphatic carbocycles. The van der Waals surface area contributed by atoms with Crippen molar-refractivity contribution < 1.29 is 14.3 Å². The number of hydrogen-bond acceptors (Lipinski definition) is 3. The highest BCUT2D eigenvalue weighted by molar-refractivity contribution is 5.98. The van der Waals surface area contributed by atoms with Crippen molar-refractivity contribution in [2.24, 2.45) is 0 Å². The number of carbonyl (C=O) groups is 2. The predicted octanol–water partition coefficient (Wildman–Crippen LogP) is 1.58. The Hall–Kier alpha value is -1.12. The van der Waals surface area contributed by atoms with E-state index in [1.54, 1.807) is 6.92 Å². The van der Waals surface area contributed by atoms with E-state index < -0.39 is 0 Å². The molecular formula is C9H12O3. The van der Waals surface area contributed by atoms with Crippen LogP contribution in [0.2, 0.25) is 0 Å². The van der Waals surface area contributed by atoms with Crippen molar-refractivity contribution in [1.29, 1.82) is 0 Å². The molecule has 66 valence electrons. The highest BCUT2D eigenvalue weighted by atomic mass is 16.5. The average molecular weight is 168 g/mol. The van der Waals surface area contributed by atoms with E-state index in [9.17, 15) is 9.59 Å². The van der Waals surface area contributed by atoms with Crippen molar-refractivity contribution in [2.45, 2.75) is 33.1 Å². The summed E-state index contributed by atoms with van der Waals surface area (Å²) in [5.74, 6) is 0.235. The molecule has 1 rings (SSSR count). The van der Waals surface area contributed by atoms with Gasteiger partial charge in [0.15, 0.2) is 5.78 Å². The second kappa shape index (κ2) is 3.52. The summed E-state index contributed by atoms with van der Waals surface area (Å²) in [5, 5.41) is 0. The summed E-state index contributed by atoms with van der Waals surface area (Å²) in [7, 11) is 0. The van der Waals surface area contributed by atoms with Gasteiger partial charge in [-0.2, -0.15) is 0 Å². The fourth-order valence-corrected chi connectivity index (χ4v) is 1.37. The minimum Gasteiger partial charge on any atom is -0.431 e. The zero-order valence-electron chi connectivity index (χ0n) is 7.35. The topological polar surface area (TPSA) is 43.4 Å². The Kier molecular flexibility index (Phi) is 2.63. The normalized spacial score (nSPS) is 21.0. The van der Waals surface area contributed by atoms with Gasteiger partial charge in [0.2, 0.25) is 0 Å².